The molecular formula is C21H34N2O2. The lowest BCUT2D eigenvalue weighted by Crippen LogP contribution is -2.46. The van der Waals surface area contributed by atoms with Crippen LogP contribution < -0.4 is 0 Å². The van der Waals surface area contributed by atoms with Gasteiger partial charge in [0, 0.05) is 38.5 Å². The Morgan fingerprint density at radius 2 is 1.60 bits per heavy atom. The van der Waals surface area contributed by atoms with Crippen LogP contribution in [0.25, 0.3) is 0 Å². The SMILES string of the molecule is O=C1CCC2(CCN1CC1CC1)CCN(C(=O)C1CCCCC1)CC2. The van der Waals surface area contributed by atoms with Crippen molar-refractivity contribution in [1.29, 1.82) is 0 Å². The van der Waals surface area contributed by atoms with Crippen molar-refractivity contribution >= 4 is 11.8 Å². The molecule has 0 radical (unpaired) electrons. The number of rotatable bonds is 3. The van der Waals surface area contributed by atoms with Crippen molar-refractivity contribution < 1.29 is 9.59 Å². The molecule has 2 saturated heterocycles. The lowest BCUT2D eigenvalue weighted by atomic mass is 9.72. The number of hydrogen-bond donors (Lipinski definition) is 0. The average Bonchev–Trinajstić information content (AvgIpc) is 3.49. The van der Waals surface area contributed by atoms with E-state index in [1.54, 1.807) is 0 Å². The largest absolute Gasteiger partial charge is 0.342 e. The van der Waals surface area contributed by atoms with Crippen LogP contribution in [0.4, 0.5) is 0 Å². The fraction of sp³-hybridized carbons (Fsp3) is 0.905. The average molecular weight is 347 g/mol. The van der Waals surface area contributed by atoms with Gasteiger partial charge < -0.3 is 9.80 Å². The summed E-state index contributed by atoms with van der Waals surface area (Å²) < 4.78 is 0. The third kappa shape index (κ3) is 4.03. The van der Waals surface area contributed by atoms with E-state index in [1.807, 2.05) is 0 Å². The minimum absolute atomic E-state index is 0.299. The van der Waals surface area contributed by atoms with Crippen LogP contribution in [0.1, 0.15) is 77.0 Å². The number of carbonyl (C=O) groups is 2. The second-order valence-corrected chi connectivity index (χ2v) is 9.19. The zero-order valence-electron chi connectivity index (χ0n) is 15.7. The monoisotopic (exact) mass is 346 g/mol. The first kappa shape index (κ1) is 17.4. The first-order valence-corrected chi connectivity index (χ1v) is 10.7. The maximum Gasteiger partial charge on any atom is 0.225 e. The van der Waals surface area contributed by atoms with Crippen LogP contribution in [0.2, 0.25) is 0 Å². The Balaban J connectivity index is 1.31. The predicted octanol–water partition coefficient (Wildman–Crippen LogP) is 3.60. The van der Waals surface area contributed by atoms with E-state index in [9.17, 15) is 9.59 Å². The molecule has 0 atom stereocenters. The van der Waals surface area contributed by atoms with E-state index >= 15 is 0 Å². The smallest absolute Gasteiger partial charge is 0.225 e. The van der Waals surface area contributed by atoms with E-state index in [0.717, 1.165) is 77.0 Å². The standard InChI is InChI=1S/C21H34N2O2/c24-19-8-9-21(12-15-23(19)16-17-6-7-17)10-13-22(14-11-21)20(25)18-4-2-1-3-5-18/h17-18H,1-16H2. The molecule has 2 saturated carbocycles. The number of carbonyl (C=O) groups excluding carboxylic acids is 2. The Morgan fingerprint density at radius 1 is 0.920 bits per heavy atom. The number of piperidine rings is 1. The summed E-state index contributed by atoms with van der Waals surface area (Å²) in [6, 6.07) is 0. The maximum atomic E-state index is 12.8. The van der Waals surface area contributed by atoms with Crippen LogP contribution in [-0.4, -0.2) is 47.8 Å². The minimum atomic E-state index is 0.299. The molecule has 0 bridgehead atoms. The summed E-state index contributed by atoms with van der Waals surface area (Å²) in [4.78, 5) is 29.5. The van der Waals surface area contributed by atoms with E-state index in [1.165, 1.54) is 32.1 Å². The van der Waals surface area contributed by atoms with Crippen LogP contribution in [0.5, 0.6) is 0 Å². The van der Waals surface area contributed by atoms with Gasteiger partial charge in [-0.2, -0.15) is 0 Å². The van der Waals surface area contributed by atoms with E-state index in [2.05, 4.69) is 9.80 Å². The Hall–Kier alpha value is -1.06. The van der Waals surface area contributed by atoms with Crippen molar-refractivity contribution in [1.82, 2.24) is 9.80 Å². The van der Waals surface area contributed by atoms with Gasteiger partial charge in [0.2, 0.25) is 11.8 Å². The maximum absolute atomic E-state index is 12.8. The third-order valence-corrected chi connectivity index (χ3v) is 7.40. The quantitative estimate of drug-likeness (QED) is 0.783. The Bertz CT molecular complexity index is 500. The first-order valence-electron chi connectivity index (χ1n) is 10.7. The van der Waals surface area contributed by atoms with Crippen molar-refractivity contribution in [2.75, 3.05) is 26.2 Å². The van der Waals surface area contributed by atoms with Gasteiger partial charge in [0.1, 0.15) is 0 Å². The molecule has 2 aliphatic heterocycles. The van der Waals surface area contributed by atoms with Crippen molar-refractivity contribution in [2.45, 2.75) is 77.0 Å². The van der Waals surface area contributed by atoms with Crippen LogP contribution in [0.15, 0.2) is 0 Å². The highest BCUT2D eigenvalue weighted by atomic mass is 16.2. The molecule has 2 heterocycles. The number of nitrogens with zero attached hydrogens (tertiary/aromatic N) is 2. The summed E-state index contributed by atoms with van der Waals surface area (Å²) in [5.74, 6) is 1.89. The molecule has 4 fully saturated rings. The fourth-order valence-corrected chi connectivity index (χ4v) is 5.27. The van der Waals surface area contributed by atoms with Crippen LogP contribution in [-0.2, 0) is 9.59 Å². The Labute approximate surface area is 152 Å². The van der Waals surface area contributed by atoms with E-state index in [-0.39, 0.29) is 0 Å². The molecule has 25 heavy (non-hydrogen) atoms. The van der Waals surface area contributed by atoms with Crippen LogP contribution >= 0.6 is 0 Å². The minimum Gasteiger partial charge on any atom is -0.342 e. The summed E-state index contributed by atoms with van der Waals surface area (Å²) in [5.41, 5.74) is 0.317. The highest BCUT2D eigenvalue weighted by molar-refractivity contribution is 5.79. The molecule has 4 heteroatoms. The van der Waals surface area contributed by atoms with Gasteiger partial charge in [0.05, 0.1) is 0 Å². The summed E-state index contributed by atoms with van der Waals surface area (Å²) in [7, 11) is 0. The van der Waals surface area contributed by atoms with Crippen molar-refractivity contribution in [3.8, 4) is 0 Å². The fourth-order valence-electron chi connectivity index (χ4n) is 5.27. The Morgan fingerprint density at radius 3 is 2.28 bits per heavy atom. The lowest BCUT2D eigenvalue weighted by molar-refractivity contribution is -0.139. The van der Waals surface area contributed by atoms with Crippen LogP contribution in [0, 0.1) is 17.3 Å². The lowest BCUT2D eigenvalue weighted by Gasteiger charge is -2.42. The summed E-state index contributed by atoms with van der Waals surface area (Å²) in [5, 5.41) is 0. The van der Waals surface area contributed by atoms with Gasteiger partial charge in [-0.1, -0.05) is 19.3 Å². The molecule has 2 amide bonds. The molecule has 0 aromatic carbocycles. The van der Waals surface area contributed by atoms with E-state index < -0.39 is 0 Å². The summed E-state index contributed by atoms with van der Waals surface area (Å²) in [6.07, 6.45) is 13.7. The van der Waals surface area contributed by atoms with Gasteiger partial charge in [-0.3, -0.25) is 9.59 Å². The summed E-state index contributed by atoms with van der Waals surface area (Å²) >= 11 is 0. The van der Waals surface area contributed by atoms with Gasteiger partial charge in [-0.05, 0) is 62.7 Å². The molecule has 4 aliphatic rings. The third-order valence-electron chi connectivity index (χ3n) is 7.40. The topological polar surface area (TPSA) is 40.6 Å². The molecule has 0 aromatic heterocycles. The van der Waals surface area contributed by atoms with Crippen molar-refractivity contribution in [3.05, 3.63) is 0 Å². The van der Waals surface area contributed by atoms with Gasteiger partial charge in [-0.15, -0.1) is 0 Å². The van der Waals surface area contributed by atoms with Crippen LogP contribution in [0.3, 0.4) is 0 Å². The van der Waals surface area contributed by atoms with Crippen molar-refractivity contribution in [3.63, 3.8) is 0 Å². The van der Waals surface area contributed by atoms with Gasteiger partial charge in [0.25, 0.3) is 0 Å². The predicted molar refractivity (Wildman–Crippen MR) is 98.0 cm³/mol. The van der Waals surface area contributed by atoms with Crippen molar-refractivity contribution in [2.24, 2.45) is 17.3 Å². The normalized spacial score (nSPS) is 28.2. The zero-order valence-corrected chi connectivity index (χ0v) is 15.7. The Kier molecular flexibility index (Phi) is 5.06. The second-order valence-electron chi connectivity index (χ2n) is 9.19. The highest BCUT2D eigenvalue weighted by Crippen LogP contribution is 2.42. The molecule has 140 valence electrons. The van der Waals surface area contributed by atoms with Gasteiger partial charge in [-0.25, -0.2) is 0 Å². The molecule has 0 N–H and O–H groups in total. The molecule has 4 nitrogen and oxygen atoms in total. The number of likely N-dealkylation sites (tertiary alicyclic amines) is 2. The van der Waals surface area contributed by atoms with Gasteiger partial charge >= 0.3 is 0 Å². The van der Waals surface area contributed by atoms with E-state index in [4.69, 9.17) is 0 Å². The first-order chi connectivity index (χ1) is 12.2. The number of amides is 2. The second kappa shape index (κ2) is 7.28. The molecular weight excluding hydrogens is 312 g/mol. The van der Waals surface area contributed by atoms with E-state index in [0.29, 0.717) is 23.1 Å². The molecule has 4 rings (SSSR count). The number of hydrogen-bond acceptors (Lipinski definition) is 2. The zero-order chi connectivity index (χ0) is 17.3. The van der Waals surface area contributed by atoms with Gasteiger partial charge in [0.15, 0.2) is 0 Å². The summed E-state index contributed by atoms with van der Waals surface area (Å²) in [6.45, 7) is 3.80. The molecule has 2 aliphatic carbocycles. The molecule has 0 unspecified atom stereocenters. The highest BCUT2D eigenvalue weighted by Gasteiger charge is 2.40. The molecule has 1 spiro atoms. The molecule has 0 aromatic rings.